The van der Waals surface area contributed by atoms with Gasteiger partial charge in [0, 0.05) is 12.6 Å². The van der Waals surface area contributed by atoms with Crippen molar-refractivity contribution in [3.63, 3.8) is 0 Å². The molecule has 1 heterocycles. The van der Waals surface area contributed by atoms with Crippen LogP contribution in [0.3, 0.4) is 0 Å². The number of rotatable bonds is 7. The maximum absolute atomic E-state index is 10.6. The minimum absolute atomic E-state index is 0.152. The van der Waals surface area contributed by atoms with Gasteiger partial charge >= 0.3 is 0 Å². The molecule has 0 aromatic heterocycles. The molecule has 0 unspecified atom stereocenters. The number of ether oxygens (including phenoxy) is 1. The number of likely N-dealkylation sites (tertiary alicyclic amines) is 1. The number of piperidine rings is 1. The molecule has 0 bridgehead atoms. The van der Waals surface area contributed by atoms with E-state index in [0.717, 1.165) is 6.54 Å². The van der Waals surface area contributed by atoms with E-state index in [4.69, 9.17) is 4.74 Å². The fraction of sp³-hybridized carbons (Fsp3) is 0.500. The zero-order valence-electron chi connectivity index (χ0n) is 16.9. The highest BCUT2D eigenvalue weighted by Crippen LogP contribution is 2.30. The van der Waals surface area contributed by atoms with E-state index >= 15 is 0 Å². The fourth-order valence-corrected chi connectivity index (χ4v) is 4.07. The maximum Gasteiger partial charge on any atom is 0.108 e. The molecule has 1 aliphatic rings. The second-order valence-electron chi connectivity index (χ2n) is 7.92. The van der Waals surface area contributed by atoms with Crippen LogP contribution in [0.1, 0.15) is 54.5 Å². The molecular formula is C24H33NO2. The molecule has 0 saturated carbocycles. The highest BCUT2D eigenvalue weighted by atomic mass is 16.5. The summed E-state index contributed by atoms with van der Waals surface area (Å²) in [5.41, 5.74) is 4.77. The van der Waals surface area contributed by atoms with Gasteiger partial charge in [-0.1, -0.05) is 55.0 Å². The predicted octanol–water partition coefficient (Wildman–Crippen LogP) is 4.64. The van der Waals surface area contributed by atoms with Crippen LogP contribution in [-0.2, 0) is 4.74 Å². The zero-order chi connectivity index (χ0) is 19.2. The average molecular weight is 368 g/mol. The first-order chi connectivity index (χ1) is 13.1. The predicted molar refractivity (Wildman–Crippen MR) is 111 cm³/mol. The fourth-order valence-electron chi connectivity index (χ4n) is 4.07. The van der Waals surface area contributed by atoms with Crippen molar-refractivity contribution in [2.24, 2.45) is 0 Å². The first-order valence-electron chi connectivity index (χ1n) is 10.2. The van der Waals surface area contributed by atoms with Crippen molar-refractivity contribution in [1.82, 2.24) is 4.90 Å². The van der Waals surface area contributed by atoms with Crippen LogP contribution in [0.2, 0.25) is 0 Å². The van der Waals surface area contributed by atoms with Gasteiger partial charge in [0.25, 0.3) is 0 Å². The van der Waals surface area contributed by atoms with Crippen LogP contribution in [0.15, 0.2) is 48.5 Å². The van der Waals surface area contributed by atoms with E-state index < -0.39 is 6.10 Å². The summed E-state index contributed by atoms with van der Waals surface area (Å²) in [4.78, 5) is 2.40. The van der Waals surface area contributed by atoms with Crippen molar-refractivity contribution >= 4 is 0 Å². The van der Waals surface area contributed by atoms with Gasteiger partial charge in [-0.2, -0.15) is 0 Å². The van der Waals surface area contributed by atoms with E-state index in [-0.39, 0.29) is 6.10 Å². The minimum atomic E-state index is -0.471. The van der Waals surface area contributed by atoms with Crippen LogP contribution in [0.4, 0.5) is 0 Å². The van der Waals surface area contributed by atoms with E-state index in [0.29, 0.717) is 19.2 Å². The summed E-state index contributed by atoms with van der Waals surface area (Å²) in [5, 5.41) is 10.6. The topological polar surface area (TPSA) is 32.7 Å². The number of β-amino-alcohol motifs (C(OH)–C–C–N with tert-alkyl or cyclic N) is 1. The summed E-state index contributed by atoms with van der Waals surface area (Å²) in [6.07, 6.45) is 3.13. The smallest absolute Gasteiger partial charge is 0.108 e. The summed E-state index contributed by atoms with van der Waals surface area (Å²) in [7, 11) is 0. The Morgan fingerprint density at radius 2 is 1.59 bits per heavy atom. The number of aliphatic hydroxyl groups excluding tert-OH is 1. The van der Waals surface area contributed by atoms with Crippen molar-refractivity contribution in [3.05, 3.63) is 70.8 Å². The number of benzene rings is 2. The number of hydrogen-bond donors (Lipinski definition) is 1. The molecule has 3 rings (SSSR count). The lowest BCUT2D eigenvalue weighted by atomic mass is 9.94. The van der Waals surface area contributed by atoms with Crippen molar-refractivity contribution in [2.45, 2.75) is 58.3 Å². The molecule has 1 saturated heterocycles. The van der Waals surface area contributed by atoms with Crippen LogP contribution in [0.25, 0.3) is 0 Å². The Kier molecular flexibility index (Phi) is 7.06. The van der Waals surface area contributed by atoms with Crippen LogP contribution in [0.5, 0.6) is 0 Å². The first-order valence-corrected chi connectivity index (χ1v) is 10.2. The second-order valence-corrected chi connectivity index (χ2v) is 7.92. The second kappa shape index (κ2) is 9.50. The Bertz CT molecular complexity index is 684. The summed E-state index contributed by atoms with van der Waals surface area (Å²) in [6, 6.07) is 17.3. The monoisotopic (exact) mass is 367 g/mol. The largest absolute Gasteiger partial charge is 0.389 e. The summed E-state index contributed by atoms with van der Waals surface area (Å²) < 4.78 is 6.34. The van der Waals surface area contributed by atoms with Gasteiger partial charge in [-0.05, 0) is 62.4 Å². The highest BCUT2D eigenvalue weighted by Gasteiger charge is 2.23. The number of hydrogen-bond acceptors (Lipinski definition) is 3. The number of aryl methyl sites for hydroxylation is 2. The molecule has 3 nitrogen and oxygen atoms in total. The van der Waals surface area contributed by atoms with Gasteiger partial charge in [-0.25, -0.2) is 0 Å². The van der Waals surface area contributed by atoms with Crippen molar-refractivity contribution < 1.29 is 9.84 Å². The standard InChI is InChI=1S/C24H33NO2/c1-18-10-4-6-13-22(18)24(23-14-7-5-11-19(23)2)27-17-21(26)16-25-15-9-8-12-20(25)3/h4-7,10-11,13-14,20-21,24,26H,8-9,12,15-17H2,1-3H3/t20-,21+/m0/s1. The Morgan fingerprint density at radius 3 is 2.15 bits per heavy atom. The molecule has 2 aromatic carbocycles. The molecule has 27 heavy (non-hydrogen) atoms. The summed E-state index contributed by atoms with van der Waals surface area (Å²) in [6.45, 7) is 8.62. The molecule has 1 aliphatic heterocycles. The first kappa shape index (κ1) is 20.1. The van der Waals surface area contributed by atoms with Gasteiger partial charge in [0.2, 0.25) is 0 Å². The van der Waals surface area contributed by atoms with E-state index in [9.17, 15) is 5.11 Å². The van der Waals surface area contributed by atoms with Crippen LogP contribution >= 0.6 is 0 Å². The normalized spacial score (nSPS) is 19.4. The Labute approximate surface area is 164 Å². The third-order valence-corrected chi connectivity index (χ3v) is 5.78. The number of aliphatic hydroxyl groups is 1. The molecule has 146 valence electrons. The zero-order valence-corrected chi connectivity index (χ0v) is 16.9. The highest BCUT2D eigenvalue weighted by molar-refractivity contribution is 5.38. The Balaban J connectivity index is 1.72. The van der Waals surface area contributed by atoms with Crippen molar-refractivity contribution in [3.8, 4) is 0 Å². The van der Waals surface area contributed by atoms with Gasteiger partial charge in [-0.3, -0.25) is 4.90 Å². The van der Waals surface area contributed by atoms with Crippen molar-refractivity contribution in [1.29, 1.82) is 0 Å². The Hall–Kier alpha value is -1.68. The average Bonchev–Trinajstić information content (AvgIpc) is 2.66. The molecule has 2 atom stereocenters. The van der Waals surface area contributed by atoms with Gasteiger partial charge in [0.1, 0.15) is 6.10 Å². The molecule has 1 fully saturated rings. The lowest BCUT2D eigenvalue weighted by molar-refractivity contribution is -0.0172. The van der Waals surface area contributed by atoms with E-state index in [1.54, 1.807) is 0 Å². The molecular weight excluding hydrogens is 334 g/mol. The molecule has 1 N–H and O–H groups in total. The minimum Gasteiger partial charge on any atom is -0.389 e. The summed E-state index contributed by atoms with van der Waals surface area (Å²) >= 11 is 0. The van der Waals surface area contributed by atoms with E-state index in [1.807, 2.05) is 0 Å². The molecule has 0 amide bonds. The molecule has 0 spiro atoms. The molecule has 2 aromatic rings. The van der Waals surface area contributed by atoms with Crippen molar-refractivity contribution in [2.75, 3.05) is 19.7 Å². The Morgan fingerprint density at radius 1 is 1.00 bits per heavy atom. The number of nitrogens with zero attached hydrogens (tertiary/aromatic N) is 1. The van der Waals surface area contributed by atoms with E-state index in [1.165, 1.54) is 41.5 Å². The molecule has 0 aliphatic carbocycles. The third-order valence-electron chi connectivity index (χ3n) is 5.78. The summed E-state index contributed by atoms with van der Waals surface area (Å²) in [5.74, 6) is 0. The van der Waals surface area contributed by atoms with Gasteiger partial charge in [-0.15, -0.1) is 0 Å². The lowest BCUT2D eigenvalue weighted by Crippen LogP contribution is -2.43. The quantitative estimate of drug-likeness (QED) is 0.773. The van der Waals surface area contributed by atoms with E-state index in [2.05, 4.69) is 74.2 Å². The molecule has 3 heteroatoms. The van der Waals surface area contributed by atoms with Crippen LogP contribution < -0.4 is 0 Å². The molecule has 0 radical (unpaired) electrons. The van der Waals surface area contributed by atoms with Crippen LogP contribution in [-0.4, -0.2) is 41.8 Å². The van der Waals surface area contributed by atoms with Gasteiger partial charge < -0.3 is 9.84 Å². The SMILES string of the molecule is Cc1ccccc1C(OC[C@H](O)CN1CCCC[C@@H]1C)c1ccccc1C. The van der Waals surface area contributed by atoms with Gasteiger partial charge in [0.05, 0.1) is 12.7 Å². The van der Waals surface area contributed by atoms with Crippen LogP contribution in [0, 0.1) is 13.8 Å². The third kappa shape index (κ3) is 5.19. The van der Waals surface area contributed by atoms with Gasteiger partial charge in [0.15, 0.2) is 0 Å². The lowest BCUT2D eigenvalue weighted by Gasteiger charge is -2.35. The maximum atomic E-state index is 10.6.